The first-order chi connectivity index (χ1) is 12.8. The van der Waals surface area contributed by atoms with E-state index in [4.69, 9.17) is 4.65 Å². The molecule has 0 aliphatic heterocycles. The first-order valence-electron chi connectivity index (χ1n) is 9.46. The van der Waals surface area contributed by atoms with Crippen LogP contribution in [-0.4, -0.2) is 23.8 Å². The number of hydrogen-bond donors (Lipinski definition) is 1. The van der Waals surface area contributed by atoms with E-state index < -0.39 is 11.2 Å². The molecule has 0 saturated carbocycles. The summed E-state index contributed by atoms with van der Waals surface area (Å²) in [5.41, 5.74) is -0.430. The Kier molecular flexibility index (Phi) is 4.25. The van der Waals surface area contributed by atoms with E-state index in [0.29, 0.717) is 7.48 Å². The summed E-state index contributed by atoms with van der Waals surface area (Å²) in [4.78, 5) is 0. The van der Waals surface area contributed by atoms with Gasteiger partial charge in [-0.25, -0.2) is 0 Å². The van der Waals surface area contributed by atoms with Gasteiger partial charge in [-0.3, -0.25) is 0 Å². The van der Waals surface area contributed by atoms with Gasteiger partial charge < -0.3 is 9.76 Å². The normalized spacial score (nSPS) is 12.8. The maximum atomic E-state index is 10.3. The Morgan fingerprint density at radius 2 is 1.11 bits per heavy atom. The minimum Gasteiger partial charge on any atom is -0.427 e. The van der Waals surface area contributed by atoms with Crippen molar-refractivity contribution >= 4 is 45.3 Å². The summed E-state index contributed by atoms with van der Waals surface area (Å²) in [6.07, 6.45) is 0. The fraction of sp³-hybridized carbons (Fsp3) is 0.250. The number of hydrogen-bond acceptors (Lipinski definition) is 2. The third kappa shape index (κ3) is 3.11. The molecule has 4 aromatic rings. The second-order valence-corrected chi connectivity index (χ2v) is 8.33. The van der Waals surface area contributed by atoms with Crippen molar-refractivity contribution in [3.63, 3.8) is 0 Å². The molecule has 4 aromatic carbocycles. The van der Waals surface area contributed by atoms with E-state index in [1.165, 1.54) is 32.3 Å². The zero-order chi connectivity index (χ0) is 19.2. The van der Waals surface area contributed by atoms with Crippen LogP contribution < -0.4 is 5.46 Å². The van der Waals surface area contributed by atoms with E-state index in [2.05, 4.69) is 66.7 Å². The molecule has 136 valence electrons. The van der Waals surface area contributed by atoms with Gasteiger partial charge in [-0.15, -0.1) is 0 Å². The lowest BCUT2D eigenvalue weighted by Crippen LogP contribution is -2.49. The number of benzene rings is 4. The maximum absolute atomic E-state index is 10.3. The monoisotopic (exact) mass is 356 g/mol. The van der Waals surface area contributed by atoms with Crippen LogP contribution in [0.3, 0.4) is 0 Å². The molecular formula is C24H25BO2. The van der Waals surface area contributed by atoms with Crippen molar-refractivity contribution in [1.29, 1.82) is 0 Å². The Morgan fingerprint density at radius 1 is 0.667 bits per heavy atom. The van der Waals surface area contributed by atoms with Gasteiger partial charge in [0.15, 0.2) is 0 Å². The van der Waals surface area contributed by atoms with Gasteiger partial charge in [0.1, 0.15) is 0 Å². The summed E-state index contributed by atoms with van der Waals surface area (Å²) >= 11 is 0. The summed E-state index contributed by atoms with van der Waals surface area (Å²) < 4.78 is 6.08. The molecule has 0 bridgehead atoms. The van der Waals surface area contributed by atoms with Crippen molar-refractivity contribution in [3.8, 4) is 0 Å². The maximum Gasteiger partial charge on any atom is 0.309 e. The van der Waals surface area contributed by atoms with Crippen LogP contribution in [0, 0.1) is 0 Å². The average Bonchev–Trinajstić information content (AvgIpc) is 2.65. The molecule has 3 heteroatoms. The van der Waals surface area contributed by atoms with Crippen molar-refractivity contribution in [3.05, 3.63) is 66.7 Å². The Hall–Kier alpha value is -2.36. The lowest BCUT2D eigenvalue weighted by molar-refractivity contribution is -0.0893. The highest BCUT2D eigenvalue weighted by atomic mass is 16.5. The van der Waals surface area contributed by atoms with Crippen LogP contribution >= 0.6 is 0 Å². The molecule has 0 heterocycles. The van der Waals surface area contributed by atoms with E-state index >= 15 is 0 Å². The fourth-order valence-electron chi connectivity index (χ4n) is 3.48. The summed E-state index contributed by atoms with van der Waals surface area (Å²) in [6.45, 7) is 7.42. The summed E-state index contributed by atoms with van der Waals surface area (Å²) in [6, 6.07) is 23.7. The topological polar surface area (TPSA) is 29.5 Å². The number of rotatable bonds is 4. The van der Waals surface area contributed by atoms with Crippen LogP contribution in [0.4, 0.5) is 0 Å². The molecule has 0 saturated heterocycles. The van der Waals surface area contributed by atoms with Gasteiger partial charge in [-0.1, -0.05) is 72.2 Å². The van der Waals surface area contributed by atoms with Gasteiger partial charge in [-0.2, -0.15) is 0 Å². The lowest BCUT2D eigenvalue weighted by Gasteiger charge is -2.37. The summed E-state index contributed by atoms with van der Waals surface area (Å²) in [7, 11) is 0.466. The third-order valence-electron chi connectivity index (χ3n) is 5.88. The van der Waals surface area contributed by atoms with E-state index in [1.54, 1.807) is 13.8 Å². The molecule has 0 unspecified atom stereocenters. The highest BCUT2D eigenvalue weighted by molar-refractivity contribution is 6.48. The van der Waals surface area contributed by atoms with E-state index in [-0.39, 0.29) is 0 Å². The molecular weight excluding hydrogens is 331 g/mol. The largest absolute Gasteiger partial charge is 0.427 e. The van der Waals surface area contributed by atoms with Crippen molar-refractivity contribution in [2.45, 2.75) is 38.9 Å². The quantitative estimate of drug-likeness (QED) is 0.425. The molecule has 2 nitrogen and oxygen atoms in total. The lowest BCUT2D eigenvalue weighted by atomic mass is 9.81. The van der Waals surface area contributed by atoms with E-state index in [1.807, 2.05) is 13.8 Å². The minimum absolute atomic E-state index is 0.466. The Labute approximate surface area is 161 Å². The average molecular weight is 356 g/mol. The predicted molar refractivity (Wildman–Crippen MR) is 117 cm³/mol. The molecule has 0 fully saturated rings. The molecule has 0 amide bonds. The highest BCUT2D eigenvalue weighted by Gasteiger charge is 2.35. The highest BCUT2D eigenvalue weighted by Crippen LogP contribution is 2.34. The van der Waals surface area contributed by atoms with Crippen molar-refractivity contribution in [2.75, 3.05) is 0 Å². The summed E-state index contributed by atoms with van der Waals surface area (Å²) in [5, 5.41) is 17.9. The first-order valence-corrected chi connectivity index (χ1v) is 9.46. The van der Waals surface area contributed by atoms with Crippen LogP contribution in [0.2, 0.25) is 0 Å². The van der Waals surface area contributed by atoms with Gasteiger partial charge in [0.05, 0.1) is 11.2 Å². The van der Waals surface area contributed by atoms with Gasteiger partial charge in [0, 0.05) is 0 Å². The smallest absolute Gasteiger partial charge is 0.309 e. The van der Waals surface area contributed by atoms with Gasteiger partial charge in [0.2, 0.25) is 0 Å². The molecule has 1 N–H and O–H groups in total. The Bertz CT molecular complexity index is 1100. The zero-order valence-corrected chi connectivity index (χ0v) is 16.4. The first kappa shape index (κ1) is 18.0. The minimum atomic E-state index is -0.910. The molecule has 0 aromatic heterocycles. The molecule has 27 heavy (non-hydrogen) atoms. The SMILES string of the molecule is CC(C)(O)C(C)(C)OBc1ccc2c3ccccc3c3ccccc3c2c1. The van der Waals surface area contributed by atoms with Crippen LogP contribution in [0.25, 0.3) is 32.3 Å². The molecule has 4 rings (SSSR count). The van der Waals surface area contributed by atoms with Gasteiger partial charge in [-0.05, 0) is 60.0 Å². The van der Waals surface area contributed by atoms with Crippen LogP contribution in [0.1, 0.15) is 27.7 Å². The fourth-order valence-corrected chi connectivity index (χ4v) is 3.48. The number of aliphatic hydroxyl groups is 1. The molecule has 0 atom stereocenters. The third-order valence-corrected chi connectivity index (χ3v) is 5.88. The second kappa shape index (κ2) is 6.37. The molecule has 0 spiro atoms. The Balaban J connectivity index is 1.85. The van der Waals surface area contributed by atoms with Crippen LogP contribution in [-0.2, 0) is 4.65 Å². The molecule has 0 radical (unpaired) electrons. The Morgan fingerprint density at radius 3 is 1.59 bits per heavy atom. The van der Waals surface area contributed by atoms with Crippen LogP contribution in [0.15, 0.2) is 66.7 Å². The van der Waals surface area contributed by atoms with Crippen molar-refractivity contribution < 1.29 is 9.76 Å². The molecule has 0 aliphatic carbocycles. The zero-order valence-electron chi connectivity index (χ0n) is 16.4. The van der Waals surface area contributed by atoms with E-state index in [9.17, 15) is 5.11 Å². The van der Waals surface area contributed by atoms with Gasteiger partial charge in [0.25, 0.3) is 0 Å². The molecule has 0 aliphatic rings. The van der Waals surface area contributed by atoms with Crippen molar-refractivity contribution in [2.24, 2.45) is 0 Å². The summed E-state index contributed by atoms with van der Waals surface area (Å²) in [5.74, 6) is 0. The standard InChI is InChI=1S/C24H25BO2/c1-23(2,26)24(3,4)27-25-16-13-14-21-19-11-6-5-9-17(19)18-10-7-8-12-20(18)22(21)15-16/h5-15,25-26H,1-4H3. The van der Waals surface area contributed by atoms with Crippen molar-refractivity contribution in [1.82, 2.24) is 0 Å². The van der Waals surface area contributed by atoms with Gasteiger partial charge >= 0.3 is 7.48 Å². The predicted octanol–water partition coefficient (Wildman–Crippen LogP) is 4.69. The number of fused-ring (bicyclic) bond motifs is 6. The van der Waals surface area contributed by atoms with Crippen LogP contribution in [0.5, 0.6) is 0 Å². The second-order valence-electron chi connectivity index (χ2n) is 8.33. The van der Waals surface area contributed by atoms with E-state index in [0.717, 1.165) is 5.46 Å².